The Morgan fingerprint density at radius 3 is 2.63 bits per heavy atom. The second-order valence-corrected chi connectivity index (χ2v) is 4.70. The Morgan fingerprint density at radius 2 is 2.05 bits per heavy atom. The summed E-state index contributed by atoms with van der Waals surface area (Å²) in [5.74, 6) is 0.634. The molecule has 0 saturated heterocycles. The van der Waals surface area contributed by atoms with E-state index in [-0.39, 0.29) is 18.6 Å². The van der Waals surface area contributed by atoms with Crippen LogP contribution in [0.1, 0.15) is 13.8 Å². The number of amides is 1. The number of nitrogens with one attached hydrogen (secondary N) is 1. The molecule has 19 heavy (non-hydrogen) atoms. The van der Waals surface area contributed by atoms with Crippen molar-refractivity contribution in [3.05, 3.63) is 24.3 Å². The molecule has 0 fully saturated rings. The lowest BCUT2D eigenvalue weighted by atomic mass is 10.1. The zero-order valence-corrected chi connectivity index (χ0v) is 11.7. The van der Waals surface area contributed by atoms with Crippen molar-refractivity contribution < 1.29 is 14.3 Å². The van der Waals surface area contributed by atoms with E-state index in [0.717, 1.165) is 0 Å². The highest BCUT2D eigenvalue weighted by molar-refractivity contribution is 5.78. The van der Waals surface area contributed by atoms with E-state index in [0.29, 0.717) is 24.0 Å². The lowest BCUT2D eigenvalue weighted by Gasteiger charge is -2.21. The molecule has 0 aliphatic carbocycles. The summed E-state index contributed by atoms with van der Waals surface area (Å²) < 4.78 is 10.5. The van der Waals surface area contributed by atoms with E-state index in [9.17, 15) is 4.79 Å². The molecule has 1 atom stereocenters. The van der Waals surface area contributed by atoms with Gasteiger partial charge in [-0.15, -0.1) is 0 Å². The molecule has 1 aromatic carbocycles. The number of ether oxygens (including phenoxy) is 2. The van der Waals surface area contributed by atoms with Crippen LogP contribution in [-0.2, 0) is 9.53 Å². The number of carbonyl (C=O) groups is 1. The van der Waals surface area contributed by atoms with Gasteiger partial charge in [-0.3, -0.25) is 4.79 Å². The fourth-order valence-electron chi connectivity index (χ4n) is 1.58. The van der Waals surface area contributed by atoms with Crippen molar-refractivity contribution in [1.82, 2.24) is 5.32 Å². The normalized spacial score (nSPS) is 12.2. The SMILES string of the molecule is COCC(NC(=O)COc1ccccc1N)C(C)C. The Hall–Kier alpha value is -1.75. The summed E-state index contributed by atoms with van der Waals surface area (Å²) in [7, 11) is 1.61. The maximum Gasteiger partial charge on any atom is 0.258 e. The number of methoxy groups -OCH3 is 1. The van der Waals surface area contributed by atoms with Crippen LogP contribution in [0.4, 0.5) is 5.69 Å². The molecule has 0 saturated carbocycles. The second-order valence-electron chi connectivity index (χ2n) is 4.70. The molecule has 0 aliphatic rings. The van der Waals surface area contributed by atoms with Gasteiger partial charge in [0, 0.05) is 7.11 Å². The average molecular weight is 266 g/mol. The topological polar surface area (TPSA) is 73.6 Å². The number of hydrogen-bond acceptors (Lipinski definition) is 4. The molecule has 3 N–H and O–H groups in total. The van der Waals surface area contributed by atoms with Crippen LogP contribution < -0.4 is 15.8 Å². The summed E-state index contributed by atoms with van der Waals surface area (Å²) in [5.41, 5.74) is 6.25. The number of benzene rings is 1. The van der Waals surface area contributed by atoms with Gasteiger partial charge in [-0.1, -0.05) is 26.0 Å². The summed E-state index contributed by atoms with van der Waals surface area (Å²) >= 11 is 0. The zero-order valence-electron chi connectivity index (χ0n) is 11.7. The molecule has 1 unspecified atom stereocenters. The highest BCUT2D eigenvalue weighted by atomic mass is 16.5. The van der Waals surface area contributed by atoms with Crippen LogP contribution in [0.3, 0.4) is 0 Å². The monoisotopic (exact) mass is 266 g/mol. The molecule has 5 heteroatoms. The third-order valence-corrected chi connectivity index (χ3v) is 2.78. The summed E-state index contributed by atoms with van der Waals surface area (Å²) in [6, 6.07) is 7.07. The number of carbonyl (C=O) groups excluding carboxylic acids is 1. The fourth-order valence-corrected chi connectivity index (χ4v) is 1.58. The fraction of sp³-hybridized carbons (Fsp3) is 0.500. The van der Waals surface area contributed by atoms with Gasteiger partial charge in [0.1, 0.15) is 5.75 Å². The molecule has 1 rings (SSSR count). The van der Waals surface area contributed by atoms with Crippen LogP contribution in [0.15, 0.2) is 24.3 Å². The van der Waals surface area contributed by atoms with Crippen molar-refractivity contribution in [3.63, 3.8) is 0 Å². The Morgan fingerprint density at radius 1 is 1.37 bits per heavy atom. The van der Waals surface area contributed by atoms with Crippen molar-refractivity contribution in [2.24, 2.45) is 5.92 Å². The minimum absolute atomic E-state index is 0.0192. The first-order valence-corrected chi connectivity index (χ1v) is 6.30. The Bertz CT molecular complexity index is 407. The third kappa shape index (κ3) is 5.18. The quantitative estimate of drug-likeness (QED) is 0.732. The molecule has 0 bridgehead atoms. The largest absolute Gasteiger partial charge is 0.482 e. The van der Waals surface area contributed by atoms with Gasteiger partial charge < -0.3 is 20.5 Å². The number of anilines is 1. The van der Waals surface area contributed by atoms with Gasteiger partial charge >= 0.3 is 0 Å². The first-order valence-electron chi connectivity index (χ1n) is 6.30. The Labute approximate surface area is 114 Å². The first-order chi connectivity index (χ1) is 9.04. The van der Waals surface area contributed by atoms with E-state index in [1.807, 2.05) is 26.0 Å². The highest BCUT2D eigenvalue weighted by Crippen LogP contribution is 2.19. The molecule has 0 aromatic heterocycles. The van der Waals surface area contributed by atoms with E-state index in [2.05, 4.69) is 5.32 Å². The Kier molecular flexibility index (Phi) is 6.15. The maximum atomic E-state index is 11.8. The van der Waals surface area contributed by atoms with E-state index >= 15 is 0 Å². The zero-order chi connectivity index (χ0) is 14.3. The summed E-state index contributed by atoms with van der Waals surface area (Å²) in [6.07, 6.45) is 0. The molecule has 1 amide bonds. The molecule has 0 heterocycles. The van der Waals surface area contributed by atoms with E-state index in [1.165, 1.54) is 0 Å². The van der Waals surface area contributed by atoms with Crippen molar-refractivity contribution in [2.75, 3.05) is 26.1 Å². The lowest BCUT2D eigenvalue weighted by Crippen LogP contribution is -2.43. The van der Waals surface area contributed by atoms with Crippen LogP contribution in [0.2, 0.25) is 0 Å². The van der Waals surface area contributed by atoms with Crippen LogP contribution in [0.25, 0.3) is 0 Å². The van der Waals surface area contributed by atoms with Crippen LogP contribution in [0, 0.1) is 5.92 Å². The van der Waals surface area contributed by atoms with Gasteiger partial charge in [0.05, 0.1) is 18.3 Å². The first kappa shape index (κ1) is 15.3. The molecule has 0 spiro atoms. The van der Waals surface area contributed by atoms with Gasteiger partial charge in [-0.2, -0.15) is 0 Å². The highest BCUT2D eigenvalue weighted by Gasteiger charge is 2.16. The summed E-state index contributed by atoms with van der Waals surface area (Å²) in [4.78, 5) is 11.8. The van der Waals surface area contributed by atoms with Gasteiger partial charge in [0.2, 0.25) is 0 Å². The standard InChI is InChI=1S/C14H22N2O3/c1-10(2)12(8-18-3)16-14(17)9-19-13-7-5-4-6-11(13)15/h4-7,10,12H,8-9,15H2,1-3H3,(H,16,17). The number of nitrogen functional groups attached to an aromatic ring is 1. The lowest BCUT2D eigenvalue weighted by molar-refractivity contribution is -0.124. The molecular formula is C14H22N2O3. The van der Waals surface area contributed by atoms with Crippen molar-refractivity contribution in [1.29, 1.82) is 0 Å². The van der Waals surface area contributed by atoms with Crippen LogP contribution in [-0.4, -0.2) is 32.3 Å². The molecule has 5 nitrogen and oxygen atoms in total. The number of para-hydroxylation sites is 2. The number of rotatable bonds is 7. The minimum Gasteiger partial charge on any atom is -0.482 e. The summed E-state index contributed by atoms with van der Waals surface area (Å²) in [6.45, 7) is 4.48. The van der Waals surface area contributed by atoms with Crippen molar-refractivity contribution in [2.45, 2.75) is 19.9 Å². The summed E-state index contributed by atoms with van der Waals surface area (Å²) in [5, 5.41) is 2.88. The Balaban J connectivity index is 2.45. The smallest absolute Gasteiger partial charge is 0.258 e. The molecular weight excluding hydrogens is 244 g/mol. The van der Waals surface area contributed by atoms with Gasteiger partial charge in [-0.25, -0.2) is 0 Å². The van der Waals surface area contributed by atoms with Gasteiger partial charge in [0.25, 0.3) is 5.91 Å². The van der Waals surface area contributed by atoms with E-state index in [1.54, 1.807) is 19.2 Å². The minimum atomic E-state index is -0.181. The van der Waals surface area contributed by atoms with E-state index < -0.39 is 0 Å². The van der Waals surface area contributed by atoms with Crippen molar-refractivity contribution in [3.8, 4) is 5.75 Å². The third-order valence-electron chi connectivity index (χ3n) is 2.78. The van der Waals surface area contributed by atoms with Crippen LogP contribution in [0.5, 0.6) is 5.75 Å². The van der Waals surface area contributed by atoms with Crippen molar-refractivity contribution >= 4 is 11.6 Å². The molecule has 0 aliphatic heterocycles. The number of hydrogen-bond donors (Lipinski definition) is 2. The maximum absolute atomic E-state index is 11.8. The van der Waals surface area contributed by atoms with Crippen LogP contribution >= 0.6 is 0 Å². The number of nitrogens with two attached hydrogens (primary N) is 1. The molecule has 1 aromatic rings. The second kappa shape index (κ2) is 7.63. The molecule has 0 radical (unpaired) electrons. The predicted octanol–water partition coefficient (Wildman–Crippen LogP) is 1.43. The van der Waals surface area contributed by atoms with Gasteiger partial charge in [-0.05, 0) is 18.1 Å². The molecule has 106 valence electrons. The van der Waals surface area contributed by atoms with E-state index in [4.69, 9.17) is 15.2 Å². The predicted molar refractivity (Wildman–Crippen MR) is 75.0 cm³/mol. The average Bonchev–Trinajstić information content (AvgIpc) is 2.37. The van der Waals surface area contributed by atoms with Gasteiger partial charge in [0.15, 0.2) is 6.61 Å².